The molecule has 1 aromatic carbocycles. The zero-order valence-corrected chi connectivity index (χ0v) is 9.00. The van der Waals surface area contributed by atoms with Crippen molar-refractivity contribution in [3.63, 3.8) is 0 Å². The maximum atomic E-state index is 11.3. The Morgan fingerprint density at radius 1 is 1.33 bits per heavy atom. The molecule has 0 aliphatic heterocycles. The van der Waals surface area contributed by atoms with Crippen LogP contribution in [0.5, 0.6) is 5.75 Å². The third-order valence-electron chi connectivity index (χ3n) is 1.92. The van der Waals surface area contributed by atoms with Gasteiger partial charge in [0, 0.05) is 6.26 Å². The van der Waals surface area contributed by atoms with Crippen LogP contribution in [0.15, 0.2) is 17.0 Å². The topological polar surface area (TPSA) is 91.7 Å². The van der Waals surface area contributed by atoms with Crippen LogP contribution < -0.4 is 0 Å². The lowest BCUT2D eigenvalue weighted by atomic mass is 10.1. The van der Waals surface area contributed by atoms with Crippen LogP contribution in [0.2, 0.25) is 0 Å². The lowest BCUT2D eigenvalue weighted by Gasteiger charge is -2.06. The molecule has 0 atom stereocenters. The zero-order chi connectivity index (χ0) is 11.8. The molecule has 0 heterocycles. The molecule has 0 unspecified atom stereocenters. The van der Waals surface area contributed by atoms with E-state index in [1.54, 1.807) is 0 Å². The highest BCUT2D eigenvalue weighted by Crippen LogP contribution is 2.25. The first-order valence-electron chi connectivity index (χ1n) is 4.00. The number of phenols is 1. The largest absolute Gasteiger partial charge is 0.507 e. The molecule has 2 N–H and O–H groups in total. The SMILES string of the molecule is Cc1cc(O)c(C(=O)O)cc1S(C)(=O)=O. The first-order chi connectivity index (χ1) is 6.73. The summed E-state index contributed by atoms with van der Waals surface area (Å²) in [6.45, 7) is 1.49. The summed E-state index contributed by atoms with van der Waals surface area (Å²) in [4.78, 5) is 10.6. The molecule has 15 heavy (non-hydrogen) atoms. The number of hydrogen-bond acceptors (Lipinski definition) is 4. The Bertz CT molecular complexity index is 516. The number of carbonyl (C=O) groups is 1. The van der Waals surface area contributed by atoms with Crippen LogP contribution >= 0.6 is 0 Å². The molecule has 0 fully saturated rings. The standard InChI is InChI=1S/C9H10O5S/c1-5-3-7(10)6(9(11)12)4-8(5)15(2,13)14/h3-4,10H,1-2H3,(H,11,12). The van der Waals surface area contributed by atoms with Crippen molar-refractivity contribution in [1.82, 2.24) is 0 Å². The first kappa shape index (κ1) is 11.5. The fourth-order valence-electron chi connectivity index (χ4n) is 1.24. The molecule has 0 aromatic heterocycles. The number of sulfone groups is 1. The molecule has 0 aliphatic carbocycles. The van der Waals surface area contributed by atoms with Crippen LogP contribution in [0.4, 0.5) is 0 Å². The summed E-state index contributed by atoms with van der Waals surface area (Å²) in [6, 6.07) is 2.09. The van der Waals surface area contributed by atoms with Crippen molar-refractivity contribution in [2.75, 3.05) is 6.26 Å². The normalized spacial score (nSPS) is 11.3. The Morgan fingerprint density at radius 3 is 2.27 bits per heavy atom. The quantitative estimate of drug-likeness (QED) is 0.784. The second-order valence-electron chi connectivity index (χ2n) is 3.21. The minimum Gasteiger partial charge on any atom is -0.507 e. The molecule has 0 saturated heterocycles. The summed E-state index contributed by atoms with van der Waals surface area (Å²) in [7, 11) is -3.48. The summed E-state index contributed by atoms with van der Waals surface area (Å²) in [5, 5.41) is 18.0. The van der Waals surface area contributed by atoms with E-state index in [-0.39, 0.29) is 4.90 Å². The van der Waals surface area contributed by atoms with Crippen LogP contribution in [-0.4, -0.2) is 30.9 Å². The summed E-state index contributed by atoms with van der Waals surface area (Å²) in [5.41, 5.74) is -0.0963. The Hall–Kier alpha value is -1.56. The number of carboxylic acids is 1. The lowest BCUT2D eigenvalue weighted by Crippen LogP contribution is -2.04. The summed E-state index contributed by atoms with van der Waals surface area (Å²) < 4.78 is 22.5. The minimum absolute atomic E-state index is 0.0855. The molecule has 1 rings (SSSR count). The highest BCUT2D eigenvalue weighted by atomic mass is 32.2. The predicted molar refractivity (Wildman–Crippen MR) is 52.9 cm³/mol. The molecule has 0 bridgehead atoms. The maximum Gasteiger partial charge on any atom is 0.339 e. The fraction of sp³-hybridized carbons (Fsp3) is 0.222. The first-order valence-corrected chi connectivity index (χ1v) is 5.89. The molecular weight excluding hydrogens is 220 g/mol. The van der Waals surface area contributed by atoms with Crippen molar-refractivity contribution in [2.45, 2.75) is 11.8 Å². The Balaban J connectivity index is 3.58. The van der Waals surface area contributed by atoms with Gasteiger partial charge in [0.05, 0.1) is 4.90 Å². The summed E-state index contributed by atoms with van der Waals surface area (Å²) in [6.07, 6.45) is 0.984. The number of aromatic hydroxyl groups is 1. The monoisotopic (exact) mass is 230 g/mol. The third kappa shape index (κ3) is 2.27. The molecule has 0 spiro atoms. The number of rotatable bonds is 2. The van der Waals surface area contributed by atoms with Crippen LogP contribution in [0.3, 0.4) is 0 Å². The van der Waals surface area contributed by atoms with Gasteiger partial charge in [0.2, 0.25) is 0 Å². The minimum atomic E-state index is -3.48. The van der Waals surface area contributed by atoms with E-state index in [0.29, 0.717) is 5.56 Å². The van der Waals surface area contributed by atoms with Crippen LogP contribution in [0.25, 0.3) is 0 Å². The number of aryl methyl sites for hydroxylation is 1. The van der Waals surface area contributed by atoms with E-state index in [2.05, 4.69) is 0 Å². The van der Waals surface area contributed by atoms with Crippen LogP contribution in [0, 0.1) is 6.92 Å². The fourth-order valence-corrected chi connectivity index (χ4v) is 2.22. The highest BCUT2D eigenvalue weighted by Gasteiger charge is 2.17. The van der Waals surface area contributed by atoms with Crippen molar-refractivity contribution < 1.29 is 23.4 Å². The smallest absolute Gasteiger partial charge is 0.339 e. The van der Waals surface area contributed by atoms with Gasteiger partial charge in [0.15, 0.2) is 9.84 Å². The van der Waals surface area contributed by atoms with E-state index >= 15 is 0 Å². The van der Waals surface area contributed by atoms with Gasteiger partial charge >= 0.3 is 5.97 Å². The Morgan fingerprint density at radius 2 is 1.87 bits per heavy atom. The molecule has 82 valence electrons. The van der Waals surface area contributed by atoms with Gasteiger partial charge in [0.25, 0.3) is 0 Å². The van der Waals surface area contributed by atoms with Gasteiger partial charge in [-0.05, 0) is 24.6 Å². The van der Waals surface area contributed by atoms with Crippen LogP contribution in [-0.2, 0) is 9.84 Å². The van der Waals surface area contributed by atoms with Crippen LogP contribution in [0.1, 0.15) is 15.9 Å². The number of aromatic carboxylic acids is 1. The Kier molecular flexibility index (Phi) is 2.72. The van der Waals surface area contributed by atoms with Crippen molar-refractivity contribution in [3.8, 4) is 5.75 Å². The molecule has 0 saturated carbocycles. The number of hydrogen-bond donors (Lipinski definition) is 2. The van der Waals surface area contributed by atoms with E-state index in [0.717, 1.165) is 18.4 Å². The summed E-state index contributed by atoms with van der Waals surface area (Å²) >= 11 is 0. The highest BCUT2D eigenvalue weighted by molar-refractivity contribution is 7.90. The lowest BCUT2D eigenvalue weighted by molar-refractivity contribution is 0.0693. The van der Waals surface area contributed by atoms with Gasteiger partial charge in [0.1, 0.15) is 11.3 Å². The number of benzene rings is 1. The van der Waals surface area contributed by atoms with Crippen molar-refractivity contribution in [1.29, 1.82) is 0 Å². The zero-order valence-electron chi connectivity index (χ0n) is 8.18. The molecule has 0 amide bonds. The van der Waals surface area contributed by atoms with Gasteiger partial charge < -0.3 is 10.2 Å². The van der Waals surface area contributed by atoms with Gasteiger partial charge in [-0.1, -0.05) is 0 Å². The second-order valence-corrected chi connectivity index (χ2v) is 5.20. The van der Waals surface area contributed by atoms with Gasteiger partial charge in [-0.15, -0.1) is 0 Å². The van der Waals surface area contributed by atoms with Crippen molar-refractivity contribution in [3.05, 3.63) is 23.3 Å². The predicted octanol–water partition coefficient (Wildman–Crippen LogP) is 0.802. The average Bonchev–Trinajstić information content (AvgIpc) is 2.00. The van der Waals surface area contributed by atoms with Crippen molar-refractivity contribution in [2.24, 2.45) is 0 Å². The van der Waals surface area contributed by atoms with E-state index in [4.69, 9.17) is 5.11 Å². The van der Waals surface area contributed by atoms with E-state index in [1.807, 2.05) is 0 Å². The second kappa shape index (κ2) is 3.54. The van der Waals surface area contributed by atoms with E-state index < -0.39 is 27.1 Å². The van der Waals surface area contributed by atoms with E-state index in [9.17, 15) is 18.3 Å². The van der Waals surface area contributed by atoms with Gasteiger partial charge in [-0.25, -0.2) is 13.2 Å². The molecule has 5 nitrogen and oxygen atoms in total. The third-order valence-corrected chi connectivity index (χ3v) is 3.16. The summed E-state index contributed by atoms with van der Waals surface area (Å²) in [5.74, 6) is -1.80. The van der Waals surface area contributed by atoms with Crippen molar-refractivity contribution >= 4 is 15.8 Å². The Labute approximate surface area is 86.9 Å². The average molecular weight is 230 g/mol. The van der Waals surface area contributed by atoms with Gasteiger partial charge in [-0.3, -0.25) is 0 Å². The molecule has 1 aromatic rings. The maximum absolute atomic E-state index is 11.3. The number of carboxylic acid groups (broad SMARTS) is 1. The molecule has 6 heteroatoms. The molecule has 0 radical (unpaired) electrons. The van der Waals surface area contributed by atoms with E-state index in [1.165, 1.54) is 6.92 Å². The van der Waals surface area contributed by atoms with Gasteiger partial charge in [-0.2, -0.15) is 0 Å². The molecular formula is C9H10O5S. The molecule has 0 aliphatic rings.